The molecule has 1 aromatic heterocycles. The molecule has 0 unspecified atom stereocenters. The van der Waals surface area contributed by atoms with Gasteiger partial charge < -0.3 is 4.74 Å². The number of thiazole rings is 1. The van der Waals surface area contributed by atoms with Gasteiger partial charge in [0.2, 0.25) is 0 Å². The Kier molecular flexibility index (Phi) is 5.35. The molecule has 0 aromatic carbocycles. The number of aromatic nitrogens is 1. The molecule has 0 saturated heterocycles. The summed E-state index contributed by atoms with van der Waals surface area (Å²) in [6, 6.07) is 0. The summed E-state index contributed by atoms with van der Waals surface area (Å²) in [5, 5.41) is 3.05. The van der Waals surface area contributed by atoms with Crippen LogP contribution in [0.1, 0.15) is 44.3 Å². The van der Waals surface area contributed by atoms with Crippen molar-refractivity contribution >= 4 is 23.4 Å². The minimum Gasteiger partial charge on any atom is -0.458 e. The van der Waals surface area contributed by atoms with Crippen LogP contribution < -0.4 is 0 Å². The van der Waals surface area contributed by atoms with Gasteiger partial charge in [-0.1, -0.05) is 13.3 Å². The average molecular weight is 253 g/mol. The fraction of sp³-hybridized carbons (Fsp3) is 0.538. The molecule has 1 aromatic rings. The topological polar surface area (TPSA) is 39.2 Å². The van der Waals surface area contributed by atoms with Crippen LogP contribution in [0.2, 0.25) is 0 Å². The number of rotatable bonds is 5. The number of carbonyl (C=O) groups is 1. The number of carbonyl (C=O) groups excluding carboxylic acids is 1. The lowest BCUT2D eigenvalue weighted by Crippen LogP contribution is -2.17. The first-order valence-electron chi connectivity index (χ1n) is 5.80. The first-order valence-corrected chi connectivity index (χ1v) is 6.68. The Morgan fingerprint density at radius 3 is 2.76 bits per heavy atom. The van der Waals surface area contributed by atoms with E-state index in [1.165, 1.54) is 6.92 Å². The van der Waals surface area contributed by atoms with Crippen molar-refractivity contribution in [2.75, 3.05) is 0 Å². The number of aryl methyl sites for hydroxylation is 1. The second kappa shape index (κ2) is 6.55. The summed E-state index contributed by atoms with van der Waals surface area (Å²) in [5.74, 6) is -0.231. The number of nitrogens with zero attached hydrogens (tertiary/aromatic N) is 1. The first kappa shape index (κ1) is 13.9. The Bertz CT molecular complexity index is 409. The molecule has 0 aliphatic carbocycles. The van der Waals surface area contributed by atoms with E-state index in [1.807, 2.05) is 25.3 Å². The highest BCUT2D eigenvalue weighted by Gasteiger charge is 2.13. The molecule has 0 aliphatic rings. The maximum atomic E-state index is 11.0. The number of hydrogen-bond acceptors (Lipinski definition) is 4. The number of hydrogen-bond donors (Lipinski definition) is 0. The van der Waals surface area contributed by atoms with E-state index in [1.54, 1.807) is 11.3 Å². The zero-order valence-corrected chi connectivity index (χ0v) is 11.6. The maximum absolute atomic E-state index is 11.0. The fourth-order valence-electron chi connectivity index (χ4n) is 1.61. The molecule has 4 heteroatoms. The molecule has 1 rings (SSSR count). The van der Waals surface area contributed by atoms with Gasteiger partial charge in [0.05, 0.1) is 10.7 Å². The molecular formula is C13H19NO2S. The molecule has 1 atom stereocenters. The Hall–Kier alpha value is -1.16. The lowest BCUT2D eigenvalue weighted by Gasteiger charge is -2.16. The largest absolute Gasteiger partial charge is 0.458 e. The summed E-state index contributed by atoms with van der Waals surface area (Å²) in [7, 11) is 0. The van der Waals surface area contributed by atoms with Gasteiger partial charge in [-0.15, -0.1) is 11.3 Å². The standard InChI is InChI=1S/C13H19NO2S/c1-5-6-13(16-11(4)15)9(2)7-12-8-17-10(3)14-12/h7-8,13H,5-6H2,1-4H3/b9-7+/t13-/m1/s1. The molecule has 0 amide bonds. The molecule has 0 N–H and O–H groups in total. The molecule has 3 nitrogen and oxygen atoms in total. The quantitative estimate of drug-likeness (QED) is 0.753. The van der Waals surface area contributed by atoms with Crippen LogP contribution in [-0.2, 0) is 9.53 Å². The van der Waals surface area contributed by atoms with E-state index in [2.05, 4.69) is 11.9 Å². The Morgan fingerprint density at radius 2 is 2.29 bits per heavy atom. The van der Waals surface area contributed by atoms with Crippen LogP contribution in [-0.4, -0.2) is 17.1 Å². The smallest absolute Gasteiger partial charge is 0.303 e. The van der Waals surface area contributed by atoms with Crippen molar-refractivity contribution in [2.45, 2.75) is 46.6 Å². The van der Waals surface area contributed by atoms with Crippen LogP contribution in [0, 0.1) is 6.92 Å². The Labute approximate surface area is 107 Å². The van der Waals surface area contributed by atoms with Gasteiger partial charge in [-0.2, -0.15) is 0 Å². The maximum Gasteiger partial charge on any atom is 0.303 e. The third kappa shape index (κ3) is 4.69. The van der Waals surface area contributed by atoms with Crippen molar-refractivity contribution in [3.8, 4) is 0 Å². The fourth-order valence-corrected chi connectivity index (χ4v) is 2.18. The molecule has 0 saturated carbocycles. The van der Waals surface area contributed by atoms with E-state index < -0.39 is 0 Å². The van der Waals surface area contributed by atoms with Crippen molar-refractivity contribution in [3.05, 3.63) is 21.7 Å². The second-order valence-corrected chi connectivity index (χ2v) is 5.13. The van der Waals surface area contributed by atoms with Gasteiger partial charge in [-0.05, 0) is 31.9 Å². The molecule has 0 aliphatic heterocycles. The van der Waals surface area contributed by atoms with Crippen molar-refractivity contribution in [1.29, 1.82) is 0 Å². The molecule has 0 spiro atoms. The molecule has 0 fully saturated rings. The average Bonchev–Trinajstić information content (AvgIpc) is 2.62. The van der Waals surface area contributed by atoms with Gasteiger partial charge in [0.1, 0.15) is 6.10 Å². The molecule has 1 heterocycles. The van der Waals surface area contributed by atoms with Crippen LogP contribution in [0.25, 0.3) is 6.08 Å². The minimum absolute atomic E-state index is 0.125. The van der Waals surface area contributed by atoms with Crippen LogP contribution in [0.5, 0.6) is 0 Å². The second-order valence-electron chi connectivity index (χ2n) is 4.07. The Balaban J connectivity index is 2.78. The zero-order valence-electron chi connectivity index (χ0n) is 10.8. The van der Waals surface area contributed by atoms with E-state index in [0.29, 0.717) is 0 Å². The van der Waals surface area contributed by atoms with Crippen molar-refractivity contribution in [2.24, 2.45) is 0 Å². The third-order valence-electron chi connectivity index (χ3n) is 2.38. The highest BCUT2D eigenvalue weighted by Crippen LogP contribution is 2.18. The monoisotopic (exact) mass is 253 g/mol. The molecule has 0 bridgehead atoms. The lowest BCUT2D eigenvalue weighted by atomic mass is 10.1. The molecule has 17 heavy (non-hydrogen) atoms. The van der Waals surface area contributed by atoms with Gasteiger partial charge in [0.25, 0.3) is 0 Å². The summed E-state index contributed by atoms with van der Waals surface area (Å²) in [5.41, 5.74) is 1.99. The van der Waals surface area contributed by atoms with Gasteiger partial charge in [0.15, 0.2) is 0 Å². The Morgan fingerprint density at radius 1 is 1.59 bits per heavy atom. The van der Waals surface area contributed by atoms with E-state index in [-0.39, 0.29) is 12.1 Å². The molecular weight excluding hydrogens is 234 g/mol. The molecule has 0 radical (unpaired) electrons. The van der Waals surface area contributed by atoms with Gasteiger partial charge in [0, 0.05) is 12.3 Å². The van der Waals surface area contributed by atoms with Crippen molar-refractivity contribution in [1.82, 2.24) is 4.98 Å². The summed E-state index contributed by atoms with van der Waals surface area (Å²) < 4.78 is 5.30. The number of ether oxygens (including phenoxy) is 1. The van der Waals surface area contributed by atoms with Gasteiger partial charge >= 0.3 is 5.97 Å². The predicted molar refractivity (Wildman–Crippen MR) is 71.0 cm³/mol. The van der Waals surface area contributed by atoms with Gasteiger partial charge in [-0.25, -0.2) is 4.98 Å². The van der Waals surface area contributed by atoms with Crippen molar-refractivity contribution in [3.63, 3.8) is 0 Å². The van der Waals surface area contributed by atoms with Crippen LogP contribution in [0.4, 0.5) is 0 Å². The van der Waals surface area contributed by atoms with Crippen LogP contribution in [0.15, 0.2) is 11.0 Å². The highest BCUT2D eigenvalue weighted by atomic mass is 32.1. The highest BCUT2D eigenvalue weighted by molar-refractivity contribution is 7.09. The van der Waals surface area contributed by atoms with E-state index in [4.69, 9.17) is 4.74 Å². The zero-order chi connectivity index (χ0) is 12.8. The predicted octanol–water partition coefficient (Wildman–Crippen LogP) is 3.59. The minimum atomic E-state index is -0.231. The van der Waals surface area contributed by atoms with Crippen LogP contribution >= 0.6 is 11.3 Å². The SMILES string of the molecule is CCC[C@@H](OC(C)=O)/C(C)=C/c1csc(C)n1. The van der Waals surface area contributed by atoms with E-state index >= 15 is 0 Å². The first-order chi connectivity index (χ1) is 8.02. The number of esters is 1. The van der Waals surface area contributed by atoms with Gasteiger partial charge in [-0.3, -0.25) is 4.79 Å². The summed E-state index contributed by atoms with van der Waals surface area (Å²) in [6.45, 7) is 7.49. The van der Waals surface area contributed by atoms with E-state index in [9.17, 15) is 4.79 Å². The summed E-state index contributed by atoms with van der Waals surface area (Å²) in [4.78, 5) is 15.4. The molecule has 94 valence electrons. The summed E-state index contributed by atoms with van der Waals surface area (Å²) in [6.07, 6.45) is 3.70. The third-order valence-corrected chi connectivity index (χ3v) is 3.17. The van der Waals surface area contributed by atoms with Crippen molar-refractivity contribution < 1.29 is 9.53 Å². The van der Waals surface area contributed by atoms with E-state index in [0.717, 1.165) is 29.1 Å². The lowest BCUT2D eigenvalue weighted by molar-refractivity contribution is -0.144. The summed E-state index contributed by atoms with van der Waals surface area (Å²) >= 11 is 1.62. The van der Waals surface area contributed by atoms with Crippen LogP contribution in [0.3, 0.4) is 0 Å². The normalized spacial score (nSPS) is 13.5.